The Hall–Kier alpha value is -0.740. The Morgan fingerprint density at radius 3 is 2.37 bits per heavy atom. The predicted molar refractivity (Wildman–Crippen MR) is 72.4 cm³/mol. The summed E-state index contributed by atoms with van der Waals surface area (Å²) in [5, 5.41) is 3.85. The van der Waals surface area contributed by atoms with E-state index in [1.54, 1.807) is 12.1 Å². The van der Waals surface area contributed by atoms with E-state index in [2.05, 4.69) is 12.2 Å². The molecule has 108 valence electrons. The molecule has 1 N–H and O–H groups in total. The maximum absolute atomic E-state index is 12.1. The zero-order valence-corrected chi connectivity index (χ0v) is 11.7. The van der Waals surface area contributed by atoms with E-state index in [9.17, 15) is 13.2 Å². The van der Waals surface area contributed by atoms with Crippen molar-refractivity contribution in [2.45, 2.75) is 44.8 Å². The third kappa shape index (κ3) is 6.83. The van der Waals surface area contributed by atoms with Crippen LogP contribution in [-0.4, -0.2) is 12.7 Å². The van der Waals surface area contributed by atoms with Gasteiger partial charge in [0.25, 0.3) is 0 Å². The summed E-state index contributed by atoms with van der Waals surface area (Å²) in [6, 6.07) is 7.53. The van der Waals surface area contributed by atoms with Crippen LogP contribution in [0.3, 0.4) is 0 Å². The molecule has 1 rings (SSSR count). The standard InChI is InChI=1S/C14H19ClF3N/c1-2-4-13(11-5-7-12(15)8-6-11)19-10-3-9-14(16,17)18/h5-8,13,19H,2-4,9-10H2,1H3. The van der Waals surface area contributed by atoms with Crippen molar-refractivity contribution in [2.75, 3.05) is 6.54 Å². The van der Waals surface area contributed by atoms with Crippen LogP contribution in [0.25, 0.3) is 0 Å². The van der Waals surface area contributed by atoms with Crippen LogP contribution in [0.1, 0.15) is 44.2 Å². The summed E-state index contributed by atoms with van der Waals surface area (Å²) in [5.41, 5.74) is 1.07. The Morgan fingerprint density at radius 1 is 1.21 bits per heavy atom. The lowest BCUT2D eigenvalue weighted by Gasteiger charge is -2.19. The van der Waals surface area contributed by atoms with Crippen molar-refractivity contribution in [3.63, 3.8) is 0 Å². The van der Waals surface area contributed by atoms with Gasteiger partial charge < -0.3 is 5.32 Å². The molecule has 0 aliphatic heterocycles. The molecule has 0 aromatic heterocycles. The van der Waals surface area contributed by atoms with Gasteiger partial charge in [0.1, 0.15) is 0 Å². The highest BCUT2D eigenvalue weighted by molar-refractivity contribution is 6.30. The first-order valence-electron chi connectivity index (χ1n) is 6.48. The first-order valence-corrected chi connectivity index (χ1v) is 6.86. The second kappa shape index (κ2) is 7.75. The Kier molecular flexibility index (Phi) is 6.66. The summed E-state index contributed by atoms with van der Waals surface area (Å²) in [6.07, 6.45) is -2.83. The molecular weight excluding hydrogens is 275 g/mol. The van der Waals surface area contributed by atoms with Crippen molar-refractivity contribution >= 4 is 11.6 Å². The molecule has 0 amide bonds. The van der Waals surface area contributed by atoms with Gasteiger partial charge in [-0.3, -0.25) is 0 Å². The molecule has 0 fully saturated rings. The summed E-state index contributed by atoms with van der Waals surface area (Å²) in [4.78, 5) is 0. The van der Waals surface area contributed by atoms with Gasteiger partial charge in [0.2, 0.25) is 0 Å². The minimum atomic E-state index is -4.07. The van der Waals surface area contributed by atoms with E-state index < -0.39 is 12.6 Å². The van der Waals surface area contributed by atoms with Crippen LogP contribution in [0.15, 0.2) is 24.3 Å². The number of benzene rings is 1. The minimum absolute atomic E-state index is 0.0931. The monoisotopic (exact) mass is 293 g/mol. The van der Waals surface area contributed by atoms with Crippen LogP contribution in [0.5, 0.6) is 0 Å². The molecule has 0 radical (unpaired) electrons. The minimum Gasteiger partial charge on any atom is -0.310 e. The SMILES string of the molecule is CCCC(NCCCC(F)(F)F)c1ccc(Cl)cc1. The second-order valence-electron chi connectivity index (χ2n) is 4.57. The largest absolute Gasteiger partial charge is 0.389 e. The molecule has 1 atom stereocenters. The van der Waals surface area contributed by atoms with Gasteiger partial charge in [-0.15, -0.1) is 0 Å². The fourth-order valence-electron chi connectivity index (χ4n) is 1.94. The van der Waals surface area contributed by atoms with Gasteiger partial charge >= 0.3 is 6.18 Å². The third-order valence-electron chi connectivity index (χ3n) is 2.88. The topological polar surface area (TPSA) is 12.0 Å². The van der Waals surface area contributed by atoms with Gasteiger partial charge in [0, 0.05) is 17.5 Å². The van der Waals surface area contributed by atoms with Gasteiger partial charge in [-0.05, 0) is 37.1 Å². The maximum atomic E-state index is 12.1. The fourth-order valence-corrected chi connectivity index (χ4v) is 2.06. The van der Waals surface area contributed by atoms with Gasteiger partial charge in [-0.25, -0.2) is 0 Å². The highest BCUT2D eigenvalue weighted by Crippen LogP contribution is 2.23. The normalized spacial score (nSPS) is 13.5. The number of hydrogen-bond acceptors (Lipinski definition) is 1. The van der Waals surface area contributed by atoms with Crippen molar-refractivity contribution in [2.24, 2.45) is 0 Å². The fraction of sp³-hybridized carbons (Fsp3) is 0.571. The average molecular weight is 294 g/mol. The van der Waals surface area contributed by atoms with E-state index >= 15 is 0 Å². The van der Waals surface area contributed by atoms with Crippen molar-refractivity contribution < 1.29 is 13.2 Å². The molecule has 1 aromatic rings. The third-order valence-corrected chi connectivity index (χ3v) is 3.13. The summed E-state index contributed by atoms with van der Waals surface area (Å²) < 4.78 is 36.2. The number of nitrogens with one attached hydrogen (secondary N) is 1. The Bertz CT molecular complexity index is 362. The van der Waals surface area contributed by atoms with Crippen LogP contribution in [0.2, 0.25) is 5.02 Å². The van der Waals surface area contributed by atoms with Gasteiger partial charge in [0.15, 0.2) is 0 Å². The van der Waals surface area contributed by atoms with E-state index in [4.69, 9.17) is 11.6 Å². The first kappa shape index (κ1) is 16.3. The van der Waals surface area contributed by atoms with E-state index in [0.29, 0.717) is 11.6 Å². The highest BCUT2D eigenvalue weighted by Gasteiger charge is 2.26. The van der Waals surface area contributed by atoms with Crippen LogP contribution < -0.4 is 5.32 Å². The summed E-state index contributed by atoms with van der Waals surface area (Å²) in [5.74, 6) is 0. The molecule has 0 spiro atoms. The van der Waals surface area contributed by atoms with Gasteiger partial charge in [-0.2, -0.15) is 13.2 Å². The number of halogens is 4. The number of hydrogen-bond donors (Lipinski definition) is 1. The lowest BCUT2D eigenvalue weighted by Crippen LogP contribution is -2.23. The quantitative estimate of drug-likeness (QED) is 0.689. The van der Waals surface area contributed by atoms with E-state index in [-0.39, 0.29) is 12.5 Å². The molecule has 0 bridgehead atoms. The van der Waals surface area contributed by atoms with E-state index in [1.165, 1.54) is 0 Å². The van der Waals surface area contributed by atoms with Crippen molar-refractivity contribution in [1.29, 1.82) is 0 Å². The summed E-state index contributed by atoms with van der Waals surface area (Å²) in [7, 11) is 0. The first-order chi connectivity index (χ1) is 8.92. The Balaban J connectivity index is 2.47. The Morgan fingerprint density at radius 2 is 1.84 bits per heavy atom. The molecular formula is C14H19ClF3N. The molecule has 5 heteroatoms. The number of rotatable bonds is 7. The molecule has 19 heavy (non-hydrogen) atoms. The van der Waals surface area contributed by atoms with Crippen molar-refractivity contribution in [3.05, 3.63) is 34.9 Å². The lowest BCUT2D eigenvalue weighted by atomic mass is 10.0. The van der Waals surface area contributed by atoms with Crippen LogP contribution >= 0.6 is 11.6 Å². The molecule has 0 aliphatic carbocycles. The lowest BCUT2D eigenvalue weighted by molar-refractivity contribution is -0.135. The molecule has 0 saturated heterocycles. The Labute approximate surface area is 117 Å². The zero-order valence-electron chi connectivity index (χ0n) is 10.9. The smallest absolute Gasteiger partial charge is 0.310 e. The van der Waals surface area contributed by atoms with Crippen LogP contribution in [0.4, 0.5) is 13.2 Å². The molecule has 0 aliphatic rings. The predicted octanol–water partition coefficient (Wildman–Crippen LogP) is 5.11. The average Bonchev–Trinajstić information content (AvgIpc) is 2.33. The highest BCUT2D eigenvalue weighted by atomic mass is 35.5. The van der Waals surface area contributed by atoms with Gasteiger partial charge in [0.05, 0.1) is 0 Å². The maximum Gasteiger partial charge on any atom is 0.389 e. The van der Waals surface area contributed by atoms with Crippen LogP contribution in [-0.2, 0) is 0 Å². The zero-order chi connectivity index (χ0) is 14.3. The van der Waals surface area contributed by atoms with Crippen molar-refractivity contribution in [3.8, 4) is 0 Å². The van der Waals surface area contributed by atoms with Crippen molar-refractivity contribution in [1.82, 2.24) is 5.32 Å². The molecule has 1 unspecified atom stereocenters. The second-order valence-corrected chi connectivity index (χ2v) is 5.00. The van der Waals surface area contributed by atoms with E-state index in [1.807, 2.05) is 12.1 Å². The molecule has 0 saturated carbocycles. The molecule has 1 nitrogen and oxygen atoms in total. The summed E-state index contributed by atoms with van der Waals surface area (Å²) in [6.45, 7) is 2.42. The molecule has 1 aromatic carbocycles. The van der Waals surface area contributed by atoms with Crippen LogP contribution in [0, 0.1) is 0 Å². The van der Waals surface area contributed by atoms with Gasteiger partial charge in [-0.1, -0.05) is 37.1 Å². The molecule has 0 heterocycles. The number of alkyl halides is 3. The summed E-state index contributed by atoms with van der Waals surface area (Å²) >= 11 is 5.82. The van der Waals surface area contributed by atoms with E-state index in [0.717, 1.165) is 18.4 Å².